The van der Waals surface area contributed by atoms with Crippen molar-refractivity contribution < 1.29 is 24.3 Å². The summed E-state index contributed by atoms with van der Waals surface area (Å²) in [6.45, 7) is 4.28. The number of para-hydroxylation sites is 1. The van der Waals surface area contributed by atoms with Crippen LogP contribution in [0.25, 0.3) is 10.9 Å². The van der Waals surface area contributed by atoms with Gasteiger partial charge < -0.3 is 37.5 Å². The van der Waals surface area contributed by atoms with E-state index in [-0.39, 0.29) is 18.8 Å². The number of aromatic amines is 1. The van der Waals surface area contributed by atoms with Crippen molar-refractivity contribution in [3.05, 3.63) is 36.0 Å². The zero-order chi connectivity index (χ0) is 29.7. The van der Waals surface area contributed by atoms with Crippen LogP contribution in [0.2, 0.25) is 0 Å². The van der Waals surface area contributed by atoms with Crippen molar-refractivity contribution in [3.63, 3.8) is 0 Å². The normalized spacial score (nSPS) is 14.3. The number of nitrogens with two attached hydrogens (primary N) is 2. The number of H-pyrrole nitrogens is 1. The van der Waals surface area contributed by atoms with E-state index in [4.69, 9.17) is 11.5 Å². The molecule has 0 bridgehead atoms. The number of thioether (sulfide) groups is 1. The summed E-state index contributed by atoms with van der Waals surface area (Å²) in [5.41, 5.74) is 13.6. The predicted molar refractivity (Wildman–Crippen MR) is 159 cm³/mol. The number of unbranched alkanes of at least 4 members (excludes halogenated alkanes) is 1. The Kier molecular flexibility index (Phi) is 14.0. The molecule has 1 aromatic carbocycles. The van der Waals surface area contributed by atoms with Crippen molar-refractivity contribution in [1.82, 2.24) is 20.9 Å². The number of carboxylic acids is 1. The highest BCUT2D eigenvalue weighted by atomic mass is 32.2. The van der Waals surface area contributed by atoms with E-state index < -0.39 is 47.9 Å². The molecule has 222 valence electrons. The molecular formula is C28H44N6O5S. The minimum absolute atomic E-state index is 0.0679. The summed E-state index contributed by atoms with van der Waals surface area (Å²) < 4.78 is 0. The lowest BCUT2D eigenvalue weighted by Crippen LogP contribution is -2.57. The van der Waals surface area contributed by atoms with Crippen LogP contribution in [-0.4, -0.2) is 76.5 Å². The molecule has 1 heterocycles. The fourth-order valence-electron chi connectivity index (χ4n) is 4.41. The van der Waals surface area contributed by atoms with Gasteiger partial charge in [0.1, 0.15) is 18.1 Å². The van der Waals surface area contributed by atoms with E-state index in [9.17, 15) is 24.3 Å². The van der Waals surface area contributed by atoms with Gasteiger partial charge in [-0.1, -0.05) is 32.0 Å². The van der Waals surface area contributed by atoms with Crippen molar-refractivity contribution in [2.45, 2.75) is 76.5 Å². The average molecular weight is 577 g/mol. The van der Waals surface area contributed by atoms with Gasteiger partial charge >= 0.3 is 5.97 Å². The number of carbonyl (C=O) groups is 4. The zero-order valence-electron chi connectivity index (χ0n) is 23.6. The lowest BCUT2D eigenvalue weighted by molar-refractivity contribution is -0.142. The maximum absolute atomic E-state index is 13.3. The maximum Gasteiger partial charge on any atom is 0.326 e. The first-order chi connectivity index (χ1) is 19.1. The van der Waals surface area contributed by atoms with Gasteiger partial charge in [0, 0.05) is 17.1 Å². The molecule has 4 atom stereocenters. The summed E-state index contributed by atoms with van der Waals surface area (Å²) in [4.78, 5) is 54.3. The van der Waals surface area contributed by atoms with Crippen LogP contribution in [0, 0.1) is 5.92 Å². The molecule has 0 fully saturated rings. The zero-order valence-corrected chi connectivity index (χ0v) is 24.4. The lowest BCUT2D eigenvalue weighted by atomic mass is 10.0. The highest BCUT2D eigenvalue weighted by Gasteiger charge is 2.30. The first-order valence-corrected chi connectivity index (χ1v) is 15.1. The van der Waals surface area contributed by atoms with E-state index in [0.29, 0.717) is 38.0 Å². The number of hydrogen-bond acceptors (Lipinski definition) is 7. The second kappa shape index (κ2) is 16.9. The smallest absolute Gasteiger partial charge is 0.326 e. The molecule has 11 nitrogen and oxygen atoms in total. The van der Waals surface area contributed by atoms with Gasteiger partial charge in [0.05, 0.1) is 6.04 Å². The van der Waals surface area contributed by atoms with Crippen LogP contribution in [0.5, 0.6) is 0 Å². The second-order valence-corrected chi connectivity index (χ2v) is 11.4. The Labute approximate surface area is 240 Å². The number of benzene rings is 1. The third kappa shape index (κ3) is 10.5. The Morgan fingerprint density at radius 3 is 2.25 bits per heavy atom. The second-order valence-electron chi connectivity index (χ2n) is 10.4. The Hall–Kier alpha value is -3.09. The molecule has 0 aliphatic rings. The molecule has 0 saturated heterocycles. The SMILES string of the molecule is CSCCC(NC(=O)C(CC(C)C)NC(=O)C(N)Cc1c[nH]c2ccccc12)C(=O)NC(CCCCN)C(=O)O. The fraction of sp³-hybridized carbons (Fsp3) is 0.571. The van der Waals surface area contributed by atoms with Crippen molar-refractivity contribution in [3.8, 4) is 0 Å². The molecule has 12 heteroatoms. The van der Waals surface area contributed by atoms with Gasteiger partial charge in [0.2, 0.25) is 17.7 Å². The van der Waals surface area contributed by atoms with E-state index in [1.165, 1.54) is 11.8 Å². The van der Waals surface area contributed by atoms with E-state index in [2.05, 4.69) is 20.9 Å². The van der Waals surface area contributed by atoms with Crippen LogP contribution in [0.3, 0.4) is 0 Å². The number of amides is 3. The summed E-state index contributed by atoms with van der Waals surface area (Å²) >= 11 is 1.50. The highest BCUT2D eigenvalue weighted by Crippen LogP contribution is 2.19. The van der Waals surface area contributed by atoms with E-state index in [1.807, 2.05) is 50.6 Å². The van der Waals surface area contributed by atoms with E-state index >= 15 is 0 Å². The Morgan fingerprint density at radius 2 is 1.60 bits per heavy atom. The van der Waals surface area contributed by atoms with Crippen LogP contribution in [-0.2, 0) is 25.6 Å². The molecule has 3 amide bonds. The summed E-state index contributed by atoms with van der Waals surface area (Å²) in [6.07, 6.45) is 6.06. The average Bonchev–Trinajstić information content (AvgIpc) is 3.32. The summed E-state index contributed by atoms with van der Waals surface area (Å²) in [5, 5.41) is 18.6. The number of carbonyl (C=O) groups excluding carboxylic acids is 3. The molecular weight excluding hydrogens is 532 g/mol. The van der Waals surface area contributed by atoms with Crippen LogP contribution >= 0.6 is 11.8 Å². The van der Waals surface area contributed by atoms with Gasteiger partial charge in [-0.15, -0.1) is 0 Å². The van der Waals surface area contributed by atoms with E-state index in [0.717, 1.165) is 16.5 Å². The third-order valence-corrected chi connectivity index (χ3v) is 7.24. The van der Waals surface area contributed by atoms with Crippen molar-refractivity contribution >= 4 is 46.4 Å². The predicted octanol–water partition coefficient (Wildman–Crippen LogP) is 1.50. The maximum atomic E-state index is 13.3. The molecule has 0 spiro atoms. The number of nitrogens with one attached hydrogen (secondary N) is 4. The summed E-state index contributed by atoms with van der Waals surface area (Å²) in [7, 11) is 0. The number of aliphatic carboxylic acids is 1. The number of carboxylic acid groups (broad SMARTS) is 1. The van der Waals surface area contributed by atoms with Crippen LogP contribution in [0.4, 0.5) is 0 Å². The van der Waals surface area contributed by atoms with Crippen LogP contribution < -0.4 is 27.4 Å². The molecule has 0 saturated carbocycles. The van der Waals surface area contributed by atoms with Crippen molar-refractivity contribution in [2.75, 3.05) is 18.6 Å². The standard InChI is InChI=1S/C28H44N6O5S/c1-17(2)14-24(34-25(35)20(30)15-18-16-31-21-9-5-4-8-19(18)21)27(37)32-22(11-13-40-3)26(36)33-23(28(38)39)10-6-7-12-29/h4-5,8-9,16-17,20,22-24,31H,6-7,10-15,29-30H2,1-3H3,(H,32,37)(H,33,36)(H,34,35)(H,38,39). The van der Waals surface area contributed by atoms with Crippen molar-refractivity contribution in [2.24, 2.45) is 17.4 Å². The Morgan fingerprint density at radius 1 is 0.950 bits per heavy atom. The number of rotatable bonds is 18. The van der Waals surface area contributed by atoms with Crippen LogP contribution in [0.15, 0.2) is 30.5 Å². The molecule has 0 aliphatic carbocycles. The number of aromatic nitrogens is 1. The highest BCUT2D eigenvalue weighted by molar-refractivity contribution is 7.98. The quantitative estimate of drug-likeness (QED) is 0.130. The molecule has 9 N–H and O–H groups in total. The summed E-state index contributed by atoms with van der Waals surface area (Å²) in [5.74, 6) is -2.07. The lowest BCUT2D eigenvalue weighted by Gasteiger charge is -2.26. The molecule has 2 aromatic rings. The Bertz CT molecular complexity index is 1120. The minimum atomic E-state index is -1.14. The minimum Gasteiger partial charge on any atom is -0.480 e. The number of hydrogen-bond donors (Lipinski definition) is 7. The first kappa shape index (κ1) is 33.1. The fourth-order valence-corrected chi connectivity index (χ4v) is 4.88. The topological polar surface area (TPSA) is 192 Å². The molecule has 0 radical (unpaired) electrons. The van der Waals surface area contributed by atoms with Gasteiger partial charge in [-0.05, 0) is 74.6 Å². The van der Waals surface area contributed by atoms with Crippen molar-refractivity contribution in [1.29, 1.82) is 0 Å². The Balaban J connectivity index is 2.10. The largest absolute Gasteiger partial charge is 0.480 e. The number of fused-ring (bicyclic) bond motifs is 1. The van der Waals surface area contributed by atoms with Gasteiger partial charge in [-0.3, -0.25) is 14.4 Å². The molecule has 4 unspecified atom stereocenters. The molecule has 0 aliphatic heterocycles. The third-order valence-electron chi connectivity index (χ3n) is 6.60. The van der Waals surface area contributed by atoms with Gasteiger partial charge in [-0.25, -0.2) is 4.79 Å². The van der Waals surface area contributed by atoms with Gasteiger partial charge in [0.25, 0.3) is 0 Å². The molecule has 2 rings (SSSR count). The van der Waals surface area contributed by atoms with Gasteiger partial charge in [0.15, 0.2) is 0 Å². The summed E-state index contributed by atoms with van der Waals surface area (Å²) in [6, 6.07) is 3.89. The monoisotopic (exact) mass is 576 g/mol. The van der Waals surface area contributed by atoms with Gasteiger partial charge in [-0.2, -0.15) is 11.8 Å². The van der Waals surface area contributed by atoms with Crippen LogP contribution in [0.1, 0.15) is 51.5 Å². The van der Waals surface area contributed by atoms with E-state index in [1.54, 1.807) is 0 Å². The molecule has 1 aromatic heterocycles. The first-order valence-electron chi connectivity index (χ1n) is 13.7. The molecule has 40 heavy (non-hydrogen) atoms.